The summed E-state index contributed by atoms with van der Waals surface area (Å²) in [5.74, 6) is 0. The molecule has 1 nitrogen and oxygen atoms in total. The maximum Gasteiger partial charge on any atom is 0.0651 e. The standard InChI is InChI=1S/C6H4Cl3N/c7-3-1-5(9)6(10)2-4(3)8/h1-2H,10H2/i1+1,2+1,3+1,4+1,5+1,6+1. The monoisotopic (exact) mass is 201 g/mol. The molecule has 4 heteroatoms. The van der Waals surface area contributed by atoms with E-state index in [2.05, 4.69) is 0 Å². The zero-order valence-corrected chi connectivity index (χ0v) is 7.13. The highest BCUT2D eigenvalue weighted by Crippen LogP contribution is 2.29. The molecule has 1 rings (SSSR count). The molecule has 0 spiro atoms. The predicted octanol–water partition coefficient (Wildman–Crippen LogP) is 3.23. The van der Waals surface area contributed by atoms with Gasteiger partial charge >= 0.3 is 0 Å². The van der Waals surface area contributed by atoms with Crippen LogP contribution in [0.2, 0.25) is 15.1 Å². The van der Waals surface area contributed by atoms with Gasteiger partial charge in [0.15, 0.2) is 0 Å². The minimum absolute atomic E-state index is 0.417. The first kappa shape index (κ1) is 7.99. The Bertz CT molecular complexity index is 209. The molecule has 54 valence electrons. The van der Waals surface area contributed by atoms with Crippen molar-refractivity contribution in [1.29, 1.82) is 0 Å². The minimum atomic E-state index is 0.417. The summed E-state index contributed by atoms with van der Waals surface area (Å²) in [6.07, 6.45) is 0. The van der Waals surface area contributed by atoms with Crippen molar-refractivity contribution in [2.75, 3.05) is 5.73 Å². The highest BCUT2D eigenvalue weighted by Gasteiger charge is 2.01. The topological polar surface area (TPSA) is 26.0 Å². The smallest absolute Gasteiger partial charge is 0.0651 e. The summed E-state index contributed by atoms with van der Waals surface area (Å²) in [5, 5.41) is 1.26. The second kappa shape index (κ2) is 2.87. The number of rotatable bonds is 0. The molecule has 2 N–H and O–H groups in total. The summed E-state index contributed by atoms with van der Waals surface area (Å²) in [7, 11) is 0. The van der Waals surface area contributed by atoms with Gasteiger partial charge in [0.1, 0.15) is 0 Å². The Labute approximate surface area is 73.7 Å². The van der Waals surface area contributed by atoms with Crippen molar-refractivity contribution in [3.8, 4) is 0 Å². The summed E-state index contributed by atoms with van der Waals surface area (Å²) in [5.41, 5.74) is 5.86. The minimum Gasteiger partial charge on any atom is -0.397 e. The Morgan fingerprint density at radius 1 is 0.900 bits per heavy atom. The van der Waals surface area contributed by atoms with Crippen LogP contribution in [0.4, 0.5) is 5.69 Å². The first-order chi connectivity index (χ1) is 4.61. The van der Waals surface area contributed by atoms with Gasteiger partial charge in [0.25, 0.3) is 0 Å². The lowest BCUT2D eigenvalue weighted by molar-refractivity contribution is 1.68. The predicted molar refractivity (Wildman–Crippen MR) is 45.9 cm³/mol. The van der Waals surface area contributed by atoms with Crippen molar-refractivity contribution in [1.82, 2.24) is 0 Å². The van der Waals surface area contributed by atoms with Gasteiger partial charge in [-0.2, -0.15) is 0 Å². The lowest BCUT2D eigenvalue weighted by Crippen LogP contribution is -1.85. The van der Waals surface area contributed by atoms with E-state index >= 15 is 0 Å². The van der Waals surface area contributed by atoms with Gasteiger partial charge in [0.2, 0.25) is 0 Å². The molecule has 0 aromatic heterocycles. The first-order valence-electron chi connectivity index (χ1n) is 2.51. The molecular formula is C6H4Cl3N. The average molecular weight is 202 g/mol. The molecule has 0 saturated heterocycles. The normalized spacial score (nSPS) is 9.90. The molecule has 1 aromatic carbocycles. The van der Waals surface area contributed by atoms with Crippen LogP contribution in [0.5, 0.6) is 0 Å². The van der Waals surface area contributed by atoms with Gasteiger partial charge in [-0.05, 0) is 12.1 Å². The molecular weight excluding hydrogens is 198 g/mol. The molecule has 0 aliphatic carbocycles. The molecule has 0 bridgehead atoms. The molecule has 0 unspecified atom stereocenters. The lowest BCUT2D eigenvalue weighted by atomic mass is 11.3. The van der Waals surface area contributed by atoms with Gasteiger partial charge < -0.3 is 5.73 Å². The fourth-order valence-corrected chi connectivity index (χ4v) is 1.09. The zero-order chi connectivity index (χ0) is 7.72. The van der Waals surface area contributed by atoms with E-state index in [-0.39, 0.29) is 0 Å². The van der Waals surface area contributed by atoms with Crippen molar-refractivity contribution >= 4 is 40.5 Å². The van der Waals surface area contributed by atoms with Crippen molar-refractivity contribution in [2.45, 2.75) is 0 Å². The van der Waals surface area contributed by atoms with E-state index in [9.17, 15) is 0 Å². The molecule has 0 atom stereocenters. The van der Waals surface area contributed by atoms with Crippen LogP contribution in [-0.2, 0) is 0 Å². The van der Waals surface area contributed by atoms with Crippen LogP contribution in [0.1, 0.15) is 0 Å². The van der Waals surface area contributed by atoms with Crippen LogP contribution >= 0.6 is 34.8 Å². The van der Waals surface area contributed by atoms with Gasteiger partial charge in [0, 0.05) is 0 Å². The Balaban J connectivity index is 3.28. The van der Waals surface area contributed by atoms with Crippen molar-refractivity contribution < 1.29 is 0 Å². The number of hydrogen-bond donors (Lipinski definition) is 1. The number of nitrogens with two attached hydrogens (primary N) is 1. The lowest BCUT2D eigenvalue weighted by Gasteiger charge is -1.99. The highest BCUT2D eigenvalue weighted by atomic mass is 35.5. The summed E-state index contributed by atoms with van der Waals surface area (Å²) >= 11 is 16.8. The van der Waals surface area contributed by atoms with Crippen molar-refractivity contribution in [2.24, 2.45) is 0 Å². The van der Waals surface area contributed by atoms with Gasteiger partial charge in [-0.25, -0.2) is 0 Å². The van der Waals surface area contributed by atoms with E-state index in [0.717, 1.165) is 0 Å². The highest BCUT2D eigenvalue weighted by molar-refractivity contribution is 6.43. The molecule has 0 amide bonds. The van der Waals surface area contributed by atoms with Gasteiger partial charge in [-0.1, -0.05) is 34.8 Å². The summed E-state index contributed by atoms with van der Waals surface area (Å²) in [6, 6.07) is 3.03. The molecule has 0 aliphatic rings. The van der Waals surface area contributed by atoms with Crippen LogP contribution in [0.25, 0.3) is 0 Å². The quantitative estimate of drug-likeness (QED) is 0.507. The number of hydrogen-bond acceptors (Lipinski definition) is 1. The van der Waals surface area contributed by atoms with E-state index in [1.807, 2.05) is 0 Å². The van der Waals surface area contributed by atoms with E-state index in [4.69, 9.17) is 40.5 Å². The largest absolute Gasteiger partial charge is 0.397 e. The Hall–Kier alpha value is -0.110. The number of nitrogen functional groups attached to an aromatic ring is 1. The Morgan fingerprint density at radius 2 is 1.40 bits per heavy atom. The summed E-state index contributed by atoms with van der Waals surface area (Å²) in [4.78, 5) is 0. The van der Waals surface area contributed by atoms with E-state index in [1.54, 1.807) is 0 Å². The first-order valence-corrected chi connectivity index (χ1v) is 3.64. The molecule has 0 heterocycles. The Kier molecular flexibility index (Phi) is 2.29. The van der Waals surface area contributed by atoms with E-state index in [1.165, 1.54) is 12.1 Å². The zero-order valence-electron chi connectivity index (χ0n) is 4.87. The number of anilines is 1. The fraction of sp³-hybridized carbons (Fsp3) is 0. The van der Waals surface area contributed by atoms with Gasteiger partial charge in [-0.15, -0.1) is 0 Å². The second-order valence-electron chi connectivity index (χ2n) is 1.79. The summed E-state index contributed by atoms with van der Waals surface area (Å²) < 4.78 is 0. The molecule has 0 saturated carbocycles. The van der Waals surface area contributed by atoms with Gasteiger partial charge in [-0.3, -0.25) is 0 Å². The fourth-order valence-electron chi connectivity index (χ4n) is 0.538. The van der Waals surface area contributed by atoms with E-state index in [0.29, 0.717) is 20.8 Å². The number of benzene rings is 1. The maximum absolute atomic E-state index is 5.62. The SMILES string of the molecule is N[13c]1[13cH][13c](Cl)[13c](Cl)[13cH][13c]1Cl. The van der Waals surface area contributed by atoms with Crippen molar-refractivity contribution in [3.05, 3.63) is 27.2 Å². The number of halogens is 3. The third-order valence-electron chi connectivity index (χ3n) is 1.04. The molecule has 1 aromatic rings. The van der Waals surface area contributed by atoms with Crippen LogP contribution in [0.3, 0.4) is 0 Å². The maximum atomic E-state index is 5.62. The molecule has 0 aliphatic heterocycles. The van der Waals surface area contributed by atoms with Crippen LogP contribution < -0.4 is 5.73 Å². The molecule has 10 heavy (non-hydrogen) atoms. The van der Waals surface area contributed by atoms with Crippen LogP contribution in [0, 0.1) is 0 Å². The Morgan fingerprint density at radius 3 is 1.90 bits per heavy atom. The second-order valence-corrected chi connectivity index (χ2v) is 3.01. The molecule has 0 fully saturated rings. The third-order valence-corrected chi connectivity index (χ3v) is 2.09. The molecule has 0 radical (unpaired) electrons. The average Bonchev–Trinajstić information content (AvgIpc) is 1.84. The van der Waals surface area contributed by atoms with Crippen LogP contribution in [-0.4, -0.2) is 0 Å². The van der Waals surface area contributed by atoms with Crippen molar-refractivity contribution in [3.63, 3.8) is 0 Å². The van der Waals surface area contributed by atoms with Gasteiger partial charge in [0.05, 0.1) is 20.8 Å². The third kappa shape index (κ3) is 1.48. The van der Waals surface area contributed by atoms with E-state index < -0.39 is 0 Å². The summed E-state index contributed by atoms with van der Waals surface area (Å²) in [6.45, 7) is 0. The van der Waals surface area contributed by atoms with Crippen LogP contribution in [0.15, 0.2) is 12.1 Å².